The van der Waals surface area contributed by atoms with Crippen molar-refractivity contribution in [3.63, 3.8) is 0 Å². The first kappa shape index (κ1) is 26.4. The molecule has 1 saturated heterocycles. The van der Waals surface area contributed by atoms with Crippen LogP contribution in [0.15, 0.2) is 73.1 Å². The first-order valence-corrected chi connectivity index (χ1v) is 12.6. The second-order valence-electron chi connectivity index (χ2n) is 9.83. The molecular weight excluding hydrogens is 507 g/mol. The number of halogens is 3. The zero-order chi connectivity index (χ0) is 27.5. The van der Waals surface area contributed by atoms with Crippen LogP contribution < -0.4 is 20.7 Å². The van der Waals surface area contributed by atoms with Gasteiger partial charge in [0, 0.05) is 41.6 Å². The van der Waals surface area contributed by atoms with E-state index in [1.165, 1.54) is 12.1 Å². The quantitative estimate of drug-likeness (QED) is 0.255. The van der Waals surface area contributed by atoms with Crippen LogP contribution in [0.5, 0.6) is 5.75 Å². The maximum Gasteiger partial charge on any atom is 0.419 e. The molecule has 4 aromatic rings. The van der Waals surface area contributed by atoms with Crippen LogP contribution in [-0.4, -0.2) is 34.6 Å². The van der Waals surface area contributed by atoms with Crippen LogP contribution in [0.2, 0.25) is 0 Å². The highest BCUT2D eigenvalue weighted by Gasteiger charge is 2.36. The zero-order valence-electron chi connectivity index (χ0n) is 21.3. The van der Waals surface area contributed by atoms with Crippen LogP contribution in [0.1, 0.15) is 41.3 Å². The molecule has 0 bridgehead atoms. The number of alkyl halides is 3. The number of carbonyl (C=O) groups excluding carboxylic acids is 1. The van der Waals surface area contributed by atoms with Crippen molar-refractivity contribution in [1.82, 2.24) is 15.3 Å². The molecule has 202 valence electrons. The highest BCUT2D eigenvalue weighted by molar-refractivity contribution is 6.07. The number of nitrogens with zero attached hydrogens (tertiary/aromatic N) is 2. The van der Waals surface area contributed by atoms with Gasteiger partial charge in [-0.05, 0) is 74.3 Å². The number of hydrogen-bond donors (Lipinski definition) is 3. The lowest BCUT2D eigenvalue weighted by atomic mass is 10.0. The first-order valence-electron chi connectivity index (χ1n) is 12.6. The summed E-state index contributed by atoms with van der Waals surface area (Å²) < 4.78 is 46.7. The third-order valence-electron chi connectivity index (χ3n) is 6.73. The number of carbonyl (C=O) groups is 1. The molecule has 39 heavy (non-hydrogen) atoms. The van der Waals surface area contributed by atoms with E-state index in [9.17, 15) is 18.0 Å². The zero-order valence-corrected chi connectivity index (χ0v) is 21.3. The fourth-order valence-corrected chi connectivity index (χ4v) is 4.62. The lowest BCUT2D eigenvalue weighted by Gasteiger charge is -2.25. The second kappa shape index (κ2) is 10.9. The molecule has 0 saturated carbocycles. The highest BCUT2D eigenvalue weighted by Crippen LogP contribution is 2.38. The molecule has 1 amide bonds. The monoisotopic (exact) mass is 535 g/mol. The van der Waals surface area contributed by atoms with Gasteiger partial charge in [-0.3, -0.25) is 9.78 Å². The van der Waals surface area contributed by atoms with E-state index < -0.39 is 23.2 Å². The van der Waals surface area contributed by atoms with Gasteiger partial charge in [0.25, 0.3) is 5.91 Å². The Kier molecular flexibility index (Phi) is 7.38. The minimum absolute atomic E-state index is 0.0784. The Labute approximate surface area is 223 Å². The Bertz CT molecular complexity index is 1490. The fourth-order valence-electron chi connectivity index (χ4n) is 4.62. The smallest absolute Gasteiger partial charge is 0.419 e. The van der Waals surface area contributed by atoms with E-state index >= 15 is 0 Å². The molecular formula is C29H28F3N5O2. The van der Waals surface area contributed by atoms with Crippen molar-refractivity contribution in [2.24, 2.45) is 0 Å². The van der Waals surface area contributed by atoms with Gasteiger partial charge in [-0.2, -0.15) is 13.2 Å². The molecule has 1 aliphatic heterocycles. The average molecular weight is 536 g/mol. The second-order valence-corrected chi connectivity index (χ2v) is 9.83. The number of rotatable bonds is 8. The summed E-state index contributed by atoms with van der Waals surface area (Å²) in [5.74, 6) is -0.487. The summed E-state index contributed by atoms with van der Waals surface area (Å²) >= 11 is 0. The van der Waals surface area contributed by atoms with E-state index in [4.69, 9.17) is 4.74 Å². The maximum atomic E-state index is 13.7. The third-order valence-corrected chi connectivity index (χ3v) is 6.73. The van der Waals surface area contributed by atoms with E-state index in [2.05, 4.69) is 25.9 Å². The number of amides is 1. The van der Waals surface area contributed by atoms with Crippen LogP contribution in [0.25, 0.3) is 10.9 Å². The van der Waals surface area contributed by atoms with Crippen molar-refractivity contribution >= 4 is 28.3 Å². The lowest BCUT2D eigenvalue weighted by molar-refractivity contribution is -0.139. The summed E-state index contributed by atoms with van der Waals surface area (Å²) in [6.07, 6.45) is 0.434. The van der Waals surface area contributed by atoms with Gasteiger partial charge in [0.2, 0.25) is 0 Å². The SMILES string of the molecule is C[C@]1(COc2cc(NC(=O)c3cccnc3NCc3ccc4ncccc4c3)ccc2C(F)(F)F)CCCN1. The van der Waals surface area contributed by atoms with Crippen LogP contribution in [0, 0.1) is 0 Å². The number of benzene rings is 2. The minimum Gasteiger partial charge on any atom is -0.491 e. The molecule has 2 aromatic heterocycles. The predicted octanol–water partition coefficient (Wildman–Crippen LogP) is 6.03. The van der Waals surface area contributed by atoms with Gasteiger partial charge < -0.3 is 20.7 Å². The Morgan fingerprint density at radius 2 is 1.90 bits per heavy atom. The summed E-state index contributed by atoms with van der Waals surface area (Å²) in [4.78, 5) is 21.8. The molecule has 1 atom stereocenters. The molecule has 2 aromatic carbocycles. The van der Waals surface area contributed by atoms with Crippen LogP contribution >= 0.6 is 0 Å². The fraction of sp³-hybridized carbons (Fsp3) is 0.276. The summed E-state index contributed by atoms with van der Waals surface area (Å²) in [5.41, 5.74) is 1.00. The van der Waals surface area contributed by atoms with Crippen molar-refractivity contribution in [2.75, 3.05) is 23.8 Å². The molecule has 0 radical (unpaired) electrons. The van der Waals surface area contributed by atoms with Gasteiger partial charge in [-0.1, -0.05) is 12.1 Å². The average Bonchev–Trinajstić information content (AvgIpc) is 3.37. The van der Waals surface area contributed by atoms with Crippen LogP contribution in [0.3, 0.4) is 0 Å². The number of fused-ring (bicyclic) bond motifs is 1. The van der Waals surface area contributed by atoms with Crippen LogP contribution in [0.4, 0.5) is 24.7 Å². The van der Waals surface area contributed by atoms with E-state index in [0.29, 0.717) is 12.4 Å². The lowest BCUT2D eigenvalue weighted by Crippen LogP contribution is -2.42. The normalized spacial score (nSPS) is 17.2. The minimum atomic E-state index is -4.60. The van der Waals surface area contributed by atoms with Crippen molar-refractivity contribution in [3.05, 3.63) is 89.7 Å². The summed E-state index contributed by atoms with van der Waals surface area (Å²) in [6, 6.07) is 16.3. The molecule has 5 rings (SSSR count). The number of ether oxygens (including phenoxy) is 1. The van der Waals surface area contributed by atoms with E-state index in [0.717, 1.165) is 41.9 Å². The van der Waals surface area contributed by atoms with Crippen molar-refractivity contribution in [2.45, 2.75) is 38.0 Å². The number of anilines is 2. The summed E-state index contributed by atoms with van der Waals surface area (Å²) in [7, 11) is 0. The summed E-state index contributed by atoms with van der Waals surface area (Å²) in [5, 5.41) is 10.1. The van der Waals surface area contributed by atoms with Gasteiger partial charge in [0.05, 0.1) is 16.6 Å². The topological polar surface area (TPSA) is 88.2 Å². The number of pyridine rings is 2. The van der Waals surface area contributed by atoms with Gasteiger partial charge in [0.1, 0.15) is 18.2 Å². The van der Waals surface area contributed by atoms with Gasteiger partial charge in [-0.25, -0.2) is 4.98 Å². The number of nitrogens with one attached hydrogen (secondary N) is 3. The Balaban J connectivity index is 1.32. The largest absolute Gasteiger partial charge is 0.491 e. The van der Waals surface area contributed by atoms with E-state index in [1.54, 1.807) is 24.5 Å². The van der Waals surface area contributed by atoms with Gasteiger partial charge in [-0.15, -0.1) is 0 Å². The molecule has 10 heteroatoms. The Morgan fingerprint density at radius 3 is 2.69 bits per heavy atom. The van der Waals surface area contributed by atoms with E-state index in [1.807, 2.05) is 37.3 Å². The number of aromatic nitrogens is 2. The van der Waals surface area contributed by atoms with Gasteiger partial charge >= 0.3 is 6.18 Å². The molecule has 0 aliphatic carbocycles. The summed E-state index contributed by atoms with van der Waals surface area (Å²) in [6.45, 7) is 3.20. The Morgan fingerprint density at radius 1 is 1.08 bits per heavy atom. The predicted molar refractivity (Wildman–Crippen MR) is 144 cm³/mol. The molecule has 3 N–H and O–H groups in total. The molecule has 0 unspecified atom stereocenters. The van der Waals surface area contributed by atoms with Crippen molar-refractivity contribution < 1.29 is 22.7 Å². The Hall–Kier alpha value is -4.18. The van der Waals surface area contributed by atoms with Crippen molar-refractivity contribution in [1.29, 1.82) is 0 Å². The van der Waals surface area contributed by atoms with Crippen molar-refractivity contribution in [3.8, 4) is 5.75 Å². The third kappa shape index (κ3) is 6.28. The molecule has 1 fully saturated rings. The standard InChI is InChI=1S/C29H28F3N5O2/c1-28(11-4-14-36-28)18-39-25-16-21(8-9-23(25)29(30,31)32)37-27(38)22-6-3-13-34-26(22)35-17-19-7-10-24-20(15-19)5-2-12-33-24/h2-3,5-10,12-13,15-16,36H,4,11,14,17-18H2,1H3,(H,34,35)(H,37,38)/t28-/m1/s1. The maximum absolute atomic E-state index is 13.7. The van der Waals surface area contributed by atoms with Crippen LogP contribution in [-0.2, 0) is 12.7 Å². The molecule has 3 heterocycles. The number of hydrogen-bond acceptors (Lipinski definition) is 6. The van der Waals surface area contributed by atoms with E-state index in [-0.39, 0.29) is 23.6 Å². The molecule has 0 spiro atoms. The first-order chi connectivity index (χ1) is 18.7. The molecule has 7 nitrogen and oxygen atoms in total. The molecule has 1 aliphatic rings. The van der Waals surface area contributed by atoms with Gasteiger partial charge in [0.15, 0.2) is 0 Å². The highest BCUT2D eigenvalue weighted by atomic mass is 19.4.